The third-order valence-electron chi connectivity index (χ3n) is 2.27. The van der Waals surface area contributed by atoms with E-state index in [0.717, 1.165) is 11.3 Å². The van der Waals surface area contributed by atoms with Crippen LogP contribution in [0.2, 0.25) is 5.02 Å². The van der Waals surface area contributed by atoms with Crippen LogP contribution in [0.25, 0.3) is 0 Å². The highest BCUT2D eigenvalue weighted by atomic mass is 35.5. The fourth-order valence-corrected chi connectivity index (χ4v) is 2.60. The normalized spacial score (nSPS) is 11.3. The lowest BCUT2D eigenvalue weighted by molar-refractivity contribution is 0.102. The predicted octanol–water partition coefficient (Wildman–Crippen LogP) is 1.28. The van der Waals surface area contributed by atoms with Crippen molar-refractivity contribution in [3.05, 3.63) is 34.3 Å². The Bertz CT molecular complexity index is 773. The molecule has 1 heterocycles. The first kappa shape index (κ1) is 14.7. The van der Waals surface area contributed by atoms with E-state index >= 15 is 0 Å². The van der Waals surface area contributed by atoms with Gasteiger partial charge in [0.15, 0.2) is 5.13 Å². The molecule has 0 fully saturated rings. The van der Waals surface area contributed by atoms with Gasteiger partial charge in [-0.2, -0.15) is 0 Å². The summed E-state index contributed by atoms with van der Waals surface area (Å²) in [6.07, 6.45) is 0. The van der Waals surface area contributed by atoms with Crippen LogP contribution in [0.15, 0.2) is 28.5 Å². The van der Waals surface area contributed by atoms with Gasteiger partial charge in [-0.1, -0.05) is 11.6 Å². The third kappa shape index (κ3) is 3.25. The lowest BCUT2D eigenvalue weighted by Gasteiger charge is -2.07. The Morgan fingerprint density at radius 2 is 2.10 bits per heavy atom. The second-order valence-corrected chi connectivity index (χ2v) is 6.57. The molecule has 20 heavy (non-hydrogen) atoms. The summed E-state index contributed by atoms with van der Waals surface area (Å²) < 4.78 is 22.5. The Labute approximate surface area is 123 Å². The lowest BCUT2D eigenvalue weighted by atomic mass is 10.3. The molecule has 1 aromatic carbocycles. The highest BCUT2D eigenvalue weighted by Crippen LogP contribution is 2.25. The van der Waals surface area contributed by atoms with Crippen LogP contribution in [0.4, 0.5) is 10.8 Å². The van der Waals surface area contributed by atoms with E-state index in [1.165, 1.54) is 23.6 Å². The standard InChI is InChI=1S/C10H9ClN4O3S2/c11-6-2-1-5(20(13,17)18)3-7(6)14-9(16)8-4-19-10(12)15-8/h1-4H,(H2,12,15)(H,14,16)(H2,13,17,18). The molecule has 0 aliphatic carbocycles. The fourth-order valence-electron chi connectivity index (χ4n) is 1.36. The maximum absolute atomic E-state index is 11.9. The third-order valence-corrected chi connectivity index (χ3v) is 4.18. The molecule has 10 heteroatoms. The van der Waals surface area contributed by atoms with Gasteiger partial charge in [0.2, 0.25) is 10.0 Å². The van der Waals surface area contributed by atoms with Gasteiger partial charge in [-0.3, -0.25) is 4.79 Å². The predicted molar refractivity (Wildman–Crippen MR) is 77.3 cm³/mol. The zero-order valence-electron chi connectivity index (χ0n) is 9.83. The number of hydrogen-bond donors (Lipinski definition) is 3. The Morgan fingerprint density at radius 1 is 1.40 bits per heavy atom. The summed E-state index contributed by atoms with van der Waals surface area (Å²) in [5.41, 5.74) is 5.66. The van der Waals surface area contributed by atoms with Crippen molar-refractivity contribution in [1.29, 1.82) is 0 Å². The van der Waals surface area contributed by atoms with Crippen molar-refractivity contribution in [2.75, 3.05) is 11.1 Å². The molecule has 106 valence electrons. The molecular formula is C10H9ClN4O3S2. The highest BCUT2D eigenvalue weighted by Gasteiger charge is 2.15. The van der Waals surface area contributed by atoms with Crippen molar-refractivity contribution in [3.8, 4) is 0 Å². The van der Waals surface area contributed by atoms with Crippen LogP contribution in [0, 0.1) is 0 Å². The van der Waals surface area contributed by atoms with Crippen molar-refractivity contribution < 1.29 is 13.2 Å². The van der Waals surface area contributed by atoms with Crippen LogP contribution in [0.5, 0.6) is 0 Å². The van der Waals surface area contributed by atoms with Gasteiger partial charge in [-0.05, 0) is 18.2 Å². The monoisotopic (exact) mass is 332 g/mol. The van der Waals surface area contributed by atoms with Crippen LogP contribution in [-0.4, -0.2) is 19.3 Å². The van der Waals surface area contributed by atoms with Gasteiger partial charge < -0.3 is 11.1 Å². The minimum Gasteiger partial charge on any atom is -0.375 e. The van der Waals surface area contributed by atoms with Gasteiger partial charge in [0.05, 0.1) is 15.6 Å². The summed E-state index contributed by atoms with van der Waals surface area (Å²) >= 11 is 7.00. The second-order valence-electron chi connectivity index (χ2n) is 3.71. The lowest BCUT2D eigenvalue weighted by Crippen LogP contribution is -2.15. The molecule has 0 aliphatic heterocycles. The number of nitrogens with two attached hydrogens (primary N) is 2. The van der Waals surface area contributed by atoms with E-state index in [2.05, 4.69) is 10.3 Å². The zero-order valence-corrected chi connectivity index (χ0v) is 12.2. The van der Waals surface area contributed by atoms with Crippen molar-refractivity contribution in [1.82, 2.24) is 4.98 Å². The van der Waals surface area contributed by atoms with Crippen molar-refractivity contribution in [2.24, 2.45) is 5.14 Å². The van der Waals surface area contributed by atoms with E-state index in [9.17, 15) is 13.2 Å². The number of rotatable bonds is 3. The fraction of sp³-hybridized carbons (Fsp3) is 0. The minimum absolute atomic E-state index is 0.115. The summed E-state index contributed by atoms with van der Waals surface area (Å²) in [4.78, 5) is 15.5. The molecule has 0 bridgehead atoms. The number of nitrogens with one attached hydrogen (secondary N) is 1. The Kier molecular flexibility index (Phi) is 3.95. The minimum atomic E-state index is -3.88. The zero-order chi connectivity index (χ0) is 14.9. The first-order valence-electron chi connectivity index (χ1n) is 5.12. The average molecular weight is 333 g/mol. The van der Waals surface area contributed by atoms with E-state index in [0.29, 0.717) is 0 Å². The molecule has 0 spiro atoms. The number of carbonyl (C=O) groups is 1. The van der Waals surface area contributed by atoms with Crippen molar-refractivity contribution >= 4 is 49.7 Å². The number of halogens is 1. The number of aromatic nitrogens is 1. The topological polar surface area (TPSA) is 128 Å². The molecule has 0 atom stereocenters. The number of anilines is 2. The van der Waals surface area contributed by atoms with Crippen LogP contribution in [-0.2, 0) is 10.0 Å². The molecule has 7 nitrogen and oxygen atoms in total. The first-order valence-corrected chi connectivity index (χ1v) is 7.92. The summed E-state index contributed by atoms with van der Waals surface area (Å²) in [5.74, 6) is -0.550. The van der Waals surface area contributed by atoms with E-state index in [4.69, 9.17) is 22.5 Å². The number of nitrogen functional groups attached to an aromatic ring is 1. The van der Waals surface area contributed by atoms with Crippen molar-refractivity contribution in [3.63, 3.8) is 0 Å². The van der Waals surface area contributed by atoms with Gasteiger partial charge in [-0.15, -0.1) is 11.3 Å². The number of thiazole rings is 1. The van der Waals surface area contributed by atoms with Crippen LogP contribution < -0.4 is 16.2 Å². The number of nitrogens with zero attached hydrogens (tertiary/aromatic N) is 1. The summed E-state index contributed by atoms with van der Waals surface area (Å²) in [7, 11) is -3.88. The molecule has 0 aliphatic rings. The number of primary sulfonamides is 1. The summed E-state index contributed by atoms with van der Waals surface area (Å²) in [6.45, 7) is 0. The largest absolute Gasteiger partial charge is 0.375 e. The Morgan fingerprint density at radius 3 is 2.65 bits per heavy atom. The number of amides is 1. The van der Waals surface area contributed by atoms with E-state index < -0.39 is 15.9 Å². The molecule has 5 N–H and O–H groups in total. The molecule has 2 rings (SSSR count). The molecule has 2 aromatic rings. The number of sulfonamides is 1. The van der Waals surface area contributed by atoms with E-state index in [1.54, 1.807) is 0 Å². The van der Waals surface area contributed by atoms with E-state index in [1.807, 2.05) is 0 Å². The molecule has 0 radical (unpaired) electrons. The van der Waals surface area contributed by atoms with Crippen LogP contribution in [0.3, 0.4) is 0 Å². The quantitative estimate of drug-likeness (QED) is 0.779. The maximum Gasteiger partial charge on any atom is 0.275 e. The Hall–Kier alpha value is -1.68. The molecular weight excluding hydrogens is 324 g/mol. The second kappa shape index (κ2) is 5.37. The number of carbonyl (C=O) groups excluding carboxylic acids is 1. The number of hydrogen-bond acceptors (Lipinski definition) is 6. The average Bonchev–Trinajstić information content (AvgIpc) is 2.77. The molecule has 1 aromatic heterocycles. The van der Waals surface area contributed by atoms with E-state index in [-0.39, 0.29) is 26.4 Å². The van der Waals surface area contributed by atoms with Gasteiger partial charge in [0.25, 0.3) is 5.91 Å². The maximum atomic E-state index is 11.9. The molecule has 0 unspecified atom stereocenters. The van der Waals surface area contributed by atoms with Gasteiger partial charge >= 0.3 is 0 Å². The summed E-state index contributed by atoms with van der Waals surface area (Å²) in [6, 6.07) is 3.74. The smallest absolute Gasteiger partial charge is 0.275 e. The summed E-state index contributed by atoms with van der Waals surface area (Å²) in [5, 5.41) is 9.36. The van der Waals surface area contributed by atoms with Crippen LogP contribution >= 0.6 is 22.9 Å². The van der Waals surface area contributed by atoms with Gasteiger partial charge in [0, 0.05) is 5.38 Å². The number of benzene rings is 1. The first-order chi connectivity index (χ1) is 9.27. The molecule has 0 saturated heterocycles. The van der Waals surface area contributed by atoms with Crippen molar-refractivity contribution in [2.45, 2.75) is 4.90 Å². The SMILES string of the molecule is Nc1nc(C(=O)Nc2cc(S(N)(=O)=O)ccc2Cl)cs1. The van der Waals surface area contributed by atoms with Gasteiger partial charge in [-0.25, -0.2) is 18.5 Å². The highest BCUT2D eigenvalue weighted by molar-refractivity contribution is 7.89. The van der Waals surface area contributed by atoms with Crippen LogP contribution in [0.1, 0.15) is 10.5 Å². The molecule has 0 saturated carbocycles. The van der Waals surface area contributed by atoms with Gasteiger partial charge in [0.1, 0.15) is 5.69 Å². The molecule has 1 amide bonds. The Balaban J connectivity index is 2.31.